The van der Waals surface area contributed by atoms with Crippen molar-refractivity contribution in [3.63, 3.8) is 0 Å². The van der Waals surface area contributed by atoms with Gasteiger partial charge >= 0.3 is 0 Å². The van der Waals surface area contributed by atoms with Crippen LogP contribution < -0.4 is 10.6 Å². The third-order valence-electron chi connectivity index (χ3n) is 6.10. The lowest BCUT2D eigenvalue weighted by molar-refractivity contribution is -0.129. The number of benzene rings is 1. The zero-order valence-corrected chi connectivity index (χ0v) is 21.9. The Balaban J connectivity index is 0.00000341. The van der Waals surface area contributed by atoms with Crippen LogP contribution in [0.25, 0.3) is 0 Å². The quantitative estimate of drug-likeness (QED) is 0.303. The number of halogens is 2. The van der Waals surface area contributed by atoms with Gasteiger partial charge in [0.2, 0.25) is 5.91 Å². The molecule has 1 aromatic rings. The molecule has 1 atom stereocenters. The van der Waals surface area contributed by atoms with E-state index in [1.54, 1.807) is 0 Å². The maximum atomic E-state index is 11.9. The van der Waals surface area contributed by atoms with Crippen LogP contribution >= 0.6 is 35.6 Å². The summed E-state index contributed by atoms with van der Waals surface area (Å²) in [4.78, 5) is 21.2. The molecule has 0 bridgehead atoms. The van der Waals surface area contributed by atoms with Gasteiger partial charge in [0, 0.05) is 50.2 Å². The molecule has 1 amide bonds. The van der Waals surface area contributed by atoms with Crippen LogP contribution in [-0.2, 0) is 11.3 Å². The van der Waals surface area contributed by atoms with Gasteiger partial charge in [0.1, 0.15) is 0 Å². The van der Waals surface area contributed by atoms with Crippen molar-refractivity contribution in [1.29, 1.82) is 0 Å². The number of nitrogens with one attached hydrogen (secondary N) is 2. The normalized spacial score (nSPS) is 20.4. The number of aliphatic imine (C=N–C) groups is 1. The number of guanidine groups is 1. The smallest absolute Gasteiger partial charge is 0.222 e. The van der Waals surface area contributed by atoms with Crippen molar-refractivity contribution in [2.75, 3.05) is 39.3 Å². The molecule has 0 saturated carbocycles. The highest BCUT2D eigenvalue weighted by atomic mass is 127. The largest absolute Gasteiger partial charge is 0.357 e. The average molecular weight is 562 g/mol. The Kier molecular flexibility index (Phi) is 11.4. The maximum Gasteiger partial charge on any atom is 0.222 e. The summed E-state index contributed by atoms with van der Waals surface area (Å²) in [5.41, 5.74) is 1.21. The fourth-order valence-electron chi connectivity index (χ4n) is 4.26. The van der Waals surface area contributed by atoms with Gasteiger partial charge in [-0.25, -0.2) is 0 Å². The highest BCUT2D eigenvalue weighted by molar-refractivity contribution is 14.0. The van der Waals surface area contributed by atoms with Gasteiger partial charge in [0.25, 0.3) is 0 Å². The molecular formula is C23H37ClIN5O. The Morgan fingerprint density at radius 3 is 2.58 bits per heavy atom. The minimum atomic E-state index is 0. The second-order valence-electron chi connectivity index (χ2n) is 8.35. The number of carbonyl (C=O) groups excluding carboxylic acids is 1. The molecule has 174 valence electrons. The zero-order valence-electron chi connectivity index (χ0n) is 18.8. The first kappa shape index (κ1) is 26.2. The Morgan fingerprint density at radius 2 is 1.90 bits per heavy atom. The lowest BCUT2D eigenvalue weighted by Gasteiger charge is -2.31. The summed E-state index contributed by atoms with van der Waals surface area (Å²) in [6.07, 6.45) is 3.89. The number of likely N-dealkylation sites (tertiary alicyclic amines) is 2. The minimum absolute atomic E-state index is 0. The topological polar surface area (TPSA) is 60.0 Å². The molecule has 8 heteroatoms. The van der Waals surface area contributed by atoms with Gasteiger partial charge < -0.3 is 15.5 Å². The molecule has 2 aliphatic rings. The first-order chi connectivity index (χ1) is 14.6. The highest BCUT2D eigenvalue weighted by Gasteiger charge is 2.26. The van der Waals surface area contributed by atoms with Crippen molar-refractivity contribution < 1.29 is 4.79 Å². The van der Waals surface area contributed by atoms with E-state index in [-0.39, 0.29) is 35.9 Å². The fourth-order valence-corrected chi connectivity index (χ4v) is 4.45. The molecule has 0 radical (unpaired) electrons. The Morgan fingerprint density at radius 1 is 1.16 bits per heavy atom. The highest BCUT2D eigenvalue weighted by Crippen LogP contribution is 2.22. The molecule has 2 heterocycles. The van der Waals surface area contributed by atoms with Crippen molar-refractivity contribution in [3.05, 3.63) is 34.9 Å². The van der Waals surface area contributed by atoms with Crippen LogP contribution in [0.5, 0.6) is 0 Å². The number of carbonyl (C=O) groups is 1. The van der Waals surface area contributed by atoms with Crippen molar-refractivity contribution in [2.45, 2.75) is 52.1 Å². The van der Waals surface area contributed by atoms with Crippen LogP contribution in [0.1, 0.15) is 45.1 Å². The van der Waals surface area contributed by atoms with Gasteiger partial charge in [0.15, 0.2) is 5.96 Å². The summed E-state index contributed by atoms with van der Waals surface area (Å²) >= 11 is 6.31. The van der Waals surface area contributed by atoms with E-state index in [1.807, 2.05) is 24.0 Å². The molecule has 31 heavy (non-hydrogen) atoms. The van der Waals surface area contributed by atoms with Crippen LogP contribution in [-0.4, -0.2) is 67.0 Å². The predicted octanol–water partition coefficient (Wildman–Crippen LogP) is 3.74. The predicted molar refractivity (Wildman–Crippen MR) is 139 cm³/mol. The molecule has 0 spiro atoms. The van der Waals surface area contributed by atoms with E-state index in [9.17, 15) is 4.79 Å². The van der Waals surface area contributed by atoms with E-state index >= 15 is 0 Å². The number of rotatable bonds is 7. The van der Waals surface area contributed by atoms with Gasteiger partial charge in [-0.1, -0.05) is 36.7 Å². The molecule has 2 fully saturated rings. The summed E-state index contributed by atoms with van der Waals surface area (Å²) in [5, 5.41) is 7.76. The molecule has 2 aliphatic heterocycles. The van der Waals surface area contributed by atoms with E-state index in [4.69, 9.17) is 16.6 Å². The Labute approximate surface area is 209 Å². The van der Waals surface area contributed by atoms with Crippen molar-refractivity contribution in [3.8, 4) is 0 Å². The van der Waals surface area contributed by atoms with E-state index < -0.39 is 0 Å². The molecule has 2 N–H and O–H groups in total. The SMILES string of the molecule is CCNC(=NCC1CCN(Cc2ccccc2Cl)CC1)NC1CCN(C(=O)CC)C1.I. The number of hydrogen-bond donors (Lipinski definition) is 2. The second-order valence-corrected chi connectivity index (χ2v) is 8.76. The van der Waals surface area contributed by atoms with Gasteiger partial charge in [-0.15, -0.1) is 24.0 Å². The van der Waals surface area contributed by atoms with E-state index in [2.05, 4.69) is 34.6 Å². The summed E-state index contributed by atoms with van der Waals surface area (Å²) < 4.78 is 0. The van der Waals surface area contributed by atoms with Crippen molar-refractivity contribution in [1.82, 2.24) is 20.4 Å². The Bertz CT molecular complexity index is 724. The van der Waals surface area contributed by atoms with Crippen LogP contribution in [0.3, 0.4) is 0 Å². The second kappa shape index (κ2) is 13.5. The molecule has 0 aromatic heterocycles. The third kappa shape index (κ3) is 8.09. The lowest BCUT2D eigenvalue weighted by atomic mass is 9.96. The van der Waals surface area contributed by atoms with Crippen LogP contribution in [0.2, 0.25) is 5.02 Å². The molecular weight excluding hydrogens is 525 g/mol. The number of hydrogen-bond acceptors (Lipinski definition) is 3. The van der Waals surface area contributed by atoms with Crippen LogP contribution in [0, 0.1) is 5.92 Å². The summed E-state index contributed by atoms with van der Waals surface area (Å²) in [6.45, 7) is 10.4. The minimum Gasteiger partial charge on any atom is -0.357 e. The van der Waals surface area contributed by atoms with Crippen molar-refractivity contribution >= 4 is 47.4 Å². The fraction of sp³-hybridized carbons (Fsp3) is 0.652. The van der Waals surface area contributed by atoms with E-state index in [0.717, 1.165) is 76.1 Å². The standard InChI is InChI=1S/C23H36ClN5O.HI/c1-3-22(30)29-14-11-20(17-29)27-23(25-4-2)26-15-18-9-12-28(13-10-18)16-19-7-5-6-8-21(19)24;/h5-8,18,20H,3-4,9-17H2,1-2H3,(H2,25,26,27);1H. The summed E-state index contributed by atoms with van der Waals surface area (Å²) in [7, 11) is 0. The average Bonchev–Trinajstić information content (AvgIpc) is 3.23. The molecule has 3 rings (SSSR count). The molecule has 1 unspecified atom stereocenters. The number of nitrogens with zero attached hydrogens (tertiary/aromatic N) is 3. The van der Waals surface area contributed by atoms with Gasteiger partial charge in [-0.3, -0.25) is 14.7 Å². The maximum absolute atomic E-state index is 11.9. The molecule has 6 nitrogen and oxygen atoms in total. The molecule has 2 saturated heterocycles. The molecule has 0 aliphatic carbocycles. The number of amides is 1. The van der Waals surface area contributed by atoms with Gasteiger partial charge in [-0.05, 0) is 56.8 Å². The van der Waals surface area contributed by atoms with Gasteiger partial charge in [-0.2, -0.15) is 0 Å². The van der Waals surface area contributed by atoms with E-state index in [1.165, 1.54) is 5.56 Å². The Hall–Kier alpha value is -1.06. The zero-order chi connectivity index (χ0) is 21.3. The number of piperidine rings is 1. The van der Waals surface area contributed by atoms with E-state index in [0.29, 0.717) is 12.3 Å². The molecule has 1 aromatic carbocycles. The first-order valence-electron chi connectivity index (χ1n) is 11.4. The van der Waals surface area contributed by atoms with Crippen LogP contribution in [0.4, 0.5) is 0 Å². The first-order valence-corrected chi connectivity index (χ1v) is 11.7. The third-order valence-corrected chi connectivity index (χ3v) is 6.46. The summed E-state index contributed by atoms with van der Waals surface area (Å²) in [6, 6.07) is 8.41. The van der Waals surface area contributed by atoms with Crippen LogP contribution in [0.15, 0.2) is 29.3 Å². The van der Waals surface area contributed by atoms with Gasteiger partial charge in [0.05, 0.1) is 0 Å². The lowest BCUT2D eigenvalue weighted by Crippen LogP contribution is -2.45. The van der Waals surface area contributed by atoms with Crippen molar-refractivity contribution in [2.24, 2.45) is 10.9 Å². The monoisotopic (exact) mass is 561 g/mol. The summed E-state index contributed by atoms with van der Waals surface area (Å²) in [5.74, 6) is 1.74.